The lowest BCUT2D eigenvalue weighted by Gasteiger charge is -2.21. The largest absolute Gasteiger partial charge is 0.378 e. The summed E-state index contributed by atoms with van der Waals surface area (Å²) in [5.74, 6) is 0. The van der Waals surface area contributed by atoms with Crippen molar-refractivity contribution < 1.29 is 0 Å². The van der Waals surface area contributed by atoms with E-state index in [4.69, 9.17) is 0 Å². The highest BCUT2D eigenvalue weighted by Gasteiger charge is 2.14. The summed E-state index contributed by atoms with van der Waals surface area (Å²) in [6.45, 7) is 3.21. The Morgan fingerprint density at radius 2 is 2.06 bits per heavy atom. The van der Waals surface area contributed by atoms with Crippen LogP contribution in [0, 0.1) is 0 Å². The number of hydrogen-bond donors (Lipinski definition) is 2. The van der Waals surface area contributed by atoms with Gasteiger partial charge in [0.05, 0.1) is 11.9 Å². The molecule has 0 bridgehead atoms. The van der Waals surface area contributed by atoms with Gasteiger partial charge >= 0.3 is 0 Å². The molecule has 94 valence electrons. The van der Waals surface area contributed by atoms with E-state index < -0.39 is 0 Å². The Bertz CT molecular complexity index is 486. The maximum Gasteiger partial charge on any atom is 0.0726 e. The lowest BCUT2D eigenvalue weighted by Crippen LogP contribution is -2.19. The molecule has 1 aromatic carbocycles. The number of rotatable bonds is 4. The van der Waals surface area contributed by atoms with Crippen molar-refractivity contribution in [2.75, 3.05) is 23.3 Å². The van der Waals surface area contributed by atoms with Crippen molar-refractivity contribution in [3.05, 3.63) is 42.2 Å². The first-order valence-electron chi connectivity index (χ1n) is 6.49. The summed E-state index contributed by atoms with van der Waals surface area (Å²) in [5, 5.41) is 10.1. The van der Waals surface area contributed by atoms with Gasteiger partial charge in [0.25, 0.3) is 0 Å². The second-order valence-corrected chi connectivity index (χ2v) is 4.66. The smallest absolute Gasteiger partial charge is 0.0726 e. The molecule has 0 unspecified atom stereocenters. The van der Waals surface area contributed by atoms with Crippen molar-refractivity contribution in [2.45, 2.75) is 19.4 Å². The standard InChI is InChI=1S/C14H18N4/c1-2-6-14(18-7-3-4-8-18)12(5-1)9-15-13-10-16-17-11-13/h1-2,5-6,10-11,15H,3-4,7-9H2,(H,16,17). The van der Waals surface area contributed by atoms with Crippen LogP contribution in [0.15, 0.2) is 36.7 Å². The predicted octanol–water partition coefficient (Wildman–Crippen LogP) is 2.62. The summed E-state index contributed by atoms with van der Waals surface area (Å²) in [5.41, 5.74) is 3.75. The Morgan fingerprint density at radius 1 is 1.22 bits per heavy atom. The van der Waals surface area contributed by atoms with Crippen LogP contribution in [-0.2, 0) is 6.54 Å². The van der Waals surface area contributed by atoms with E-state index in [-0.39, 0.29) is 0 Å². The molecule has 2 heterocycles. The van der Waals surface area contributed by atoms with E-state index >= 15 is 0 Å². The molecule has 4 nitrogen and oxygen atoms in total. The molecule has 2 N–H and O–H groups in total. The molecule has 18 heavy (non-hydrogen) atoms. The maximum absolute atomic E-state index is 3.94. The lowest BCUT2D eigenvalue weighted by atomic mass is 10.1. The van der Waals surface area contributed by atoms with Gasteiger partial charge < -0.3 is 10.2 Å². The van der Waals surface area contributed by atoms with Gasteiger partial charge in [0.1, 0.15) is 0 Å². The van der Waals surface area contributed by atoms with Crippen LogP contribution >= 0.6 is 0 Å². The van der Waals surface area contributed by atoms with Gasteiger partial charge in [-0.05, 0) is 24.5 Å². The maximum atomic E-state index is 3.94. The van der Waals surface area contributed by atoms with Gasteiger partial charge in [-0.25, -0.2) is 0 Å². The van der Waals surface area contributed by atoms with E-state index in [9.17, 15) is 0 Å². The molecule has 1 aliphatic rings. The minimum Gasteiger partial charge on any atom is -0.378 e. The lowest BCUT2D eigenvalue weighted by molar-refractivity contribution is 0.949. The SMILES string of the molecule is c1ccc(N2CCCC2)c(CNc2cn[nH]c2)c1. The molecule has 0 radical (unpaired) electrons. The number of aromatic nitrogens is 2. The average molecular weight is 242 g/mol. The molecule has 0 amide bonds. The Kier molecular flexibility index (Phi) is 3.17. The number of H-pyrrole nitrogens is 1. The molecule has 3 rings (SSSR count). The minimum absolute atomic E-state index is 0.839. The van der Waals surface area contributed by atoms with Gasteiger partial charge in [0.2, 0.25) is 0 Å². The highest BCUT2D eigenvalue weighted by molar-refractivity contribution is 5.55. The van der Waals surface area contributed by atoms with Crippen LogP contribution in [0.25, 0.3) is 0 Å². The van der Waals surface area contributed by atoms with Gasteiger partial charge in [-0.3, -0.25) is 5.10 Å². The summed E-state index contributed by atoms with van der Waals surface area (Å²) in [4.78, 5) is 2.48. The van der Waals surface area contributed by atoms with E-state index in [2.05, 4.69) is 44.7 Å². The monoisotopic (exact) mass is 242 g/mol. The van der Waals surface area contributed by atoms with E-state index in [0.717, 1.165) is 12.2 Å². The fourth-order valence-corrected chi connectivity index (χ4v) is 2.47. The highest BCUT2D eigenvalue weighted by Crippen LogP contribution is 2.25. The third-order valence-corrected chi connectivity index (χ3v) is 3.42. The van der Waals surface area contributed by atoms with Gasteiger partial charge in [-0.15, -0.1) is 0 Å². The number of benzene rings is 1. The van der Waals surface area contributed by atoms with Gasteiger partial charge in [0, 0.05) is 31.5 Å². The van der Waals surface area contributed by atoms with Gasteiger partial charge in [-0.2, -0.15) is 5.10 Å². The fraction of sp³-hybridized carbons (Fsp3) is 0.357. The van der Waals surface area contributed by atoms with Crippen LogP contribution in [0.2, 0.25) is 0 Å². The number of anilines is 2. The Labute approximate surface area is 107 Å². The zero-order chi connectivity index (χ0) is 12.2. The van der Waals surface area contributed by atoms with Crippen molar-refractivity contribution in [1.82, 2.24) is 10.2 Å². The average Bonchev–Trinajstić information content (AvgIpc) is 3.10. The fourth-order valence-electron chi connectivity index (χ4n) is 2.47. The van der Waals surface area contributed by atoms with Crippen LogP contribution in [0.5, 0.6) is 0 Å². The summed E-state index contributed by atoms with van der Waals surface area (Å²) in [6.07, 6.45) is 6.30. The highest BCUT2D eigenvalue weighted by atomic mass is 15.1. The summed E-state index contributed by atoms with van der Waals surface area (Å²) in [6, 6.07) is 8.64. The van der Waals surface area contributed by atoms with Crippen LogP contribution in [0.3, 0.4) is 0 Å². The van der Waals surface area contributed by atoms with E-state index in [1.54, 1.807) is 6.20 Å². The second kappa shape index (κ2) is 5.12. The zero-order valence-corrected chi connectivity index (χ0v) is 10.4. The molecule has 1 fully saturated rings. The van der Waals surface area contributed by atoms with Crippen LogP contribution < -0.4 is 10.2 Å². The first-order valence-corrected chi connectivity index (χ1v) is 6.49. The van der Waals surface area contributed by atoms with Gasteiger partial charge in [-0.1, -0.05) is 18.2 Å². The molecule has 0 spiro atoms. The Morgan fingerprint density at radius 3 is 2.83 bits per heavy atom. The molecular formula is C14H18N4. The zero-order valence-electron chi connectivity index (χ0n) is 10.4. The molecule has 1 aromatic heterocycles. The van der Waals surface area contributed by atoms with E-state index in [0.29, 0.717) is 0 Å². The molecule has 4 heteroatoms. The molecule has 2 aromatic rings. The third-order valence-electron chi connectivity index (χ3n) is 3.42. The normalized spacial score (nSPS) is 15.0. The number of aromatic amines is 1. The molecule has 1 aliphatic heterocycles. The van der Waals surface area contributed by atoms with Crippen LogP contribution in [0.4, 0.5) is 11.4 Å². The van der Waals surface area contributed by atoms with E-state index in [1.807, 2.05) is 6.20 Å². The van der Waals surface area contributed by atoms with Crippen molar-refractivity contribution in [3.8, 4) is 0 Å². The van der Waals surface area contributed by atoms with Crippen molar-refractivity contribution in [1.29, 1.82) is 0 Å². The Hall–Kier alpha value is -1.97. The molecule has 0 aliphatic carbocycles. The molecular weight excluding hydrogens is 224 g/mol. The number of para-hydroxylation sites is 1. The first kappa shape index (κ1) is 11.1. The van der Waals surface area contributed by atoms with Crippen molar-refractivity contribution >= 4 is 11.4 Å². The van der Waals surface area contributed by atoms with Crippen molar-refractivity contribution in [3.63, 3.8) is 0 Å². The summed E-state index contributed by atoms with van der Waals surface area (Å²) < 4.78 is 0. The molecule has 0 atom stereocenters. The summed E-state index contributed by atoms with van der Waals surface area (Å²) in [7, 11) is 0. The topological polar surface area (TPSA) is 44.0 Å². The van der Waals surface area contributed by atoms with E-state index in [1.165, 1.54) is 37.2 Å². The quantitative estimate of drug-likeness (QED) is 0.866. The summed E-state index contributed by atoms with van der Waals surface area (Å²) >= 11 is 0. The third kappa shape index (κ3) is 2.32. The van der Waals surface area contributed by atoms with Crippen LogP contribution in [-0.4, -0.2) is 23.3 Å². The second-order valence-electron chi connectivity index (χ2n) is 4.66. The minimum atomic E-state index is 0.839. The number of nitrogens with one attached hydrogen (secondary N) is 2. The van der Waals surface area contributed by atoms with Gasteiger partial charge in [0.15, 0.2) is 0 Å². The molecule has 0 saturated carbocycles. The first-order chi connectivity index (χ1) is 8.93. The predicted molar refractivity (Wildman–Crippen MR) is 73.8 cm³/mol. The van der Waals surface area contributed by atoms with Crippen LogP contribution in [0.1, 0.15) is 18.4 Å². The Balaban J connectivity index is 1.74. The van der Waals surface area contributed by atoms with Crippen molar-refractivity contribution in [2.24, 2.45) is 0 Å². The number of hydrogen-bond acceptors (Lipinski definition) is 3. The number of nitrogens with zero attached hydrogens (tertiary/aromatic N) is 2. The molecule has 1 saturated heterocycles.